The Morgan fingerprint density at radius 2 is 1.04 bits per heavy atom. The van der Waals surface area contributed by atoms with Crippen LogP contribution in [-0.2, 0) is 19.1 Å². The van der Waals surface area contributed by atoms with Crippen LogP contribution in [0.1, 0.15) is 47.4 Å². The Bertz CT molecular complexity index is 1530. The topological polar surface area (TPSA) is 111 Å². The standard InChI is InChI=1S/C32H30Br2N2O6S3/c1-3-41-31(39)27-23(19-5-9-21(33)10-6-19)17-44-29(27)35-25(37)13-15-43-16-14-26(38)36-30-28(32(40)42-4-2)24(18-45-30)20-7-11-22(34)12-8-20/h5-12,17-18H,3-4,13-16H2,1-2H3,(H,35,37)(H,36,38). The number of thiophene rings is 2. The van der Waals surface area contributed by atoms with Crippen LogP contribution in [0, 0.1) is 0 Å². The Labute approximate surface area is 290 Å². The second-order valence-electron chi connectivity index (χ2n) is 9.37. The number of thioether (sulfide) groups is 1. The fourth-order valence-electron chi connectivity index (χ4n) is 4.21. The van der Waals surface area contributed by atoms with E-state index in [9.17, 15) is 19.2 Å². The van der Waals surface area contributed by atoms with Crippen molar-refractivity contribution in [2.24, 2.45) is 0 Å². The summed E-state index contributed by atoms with van der Waals surface area (Å²) in [7, 11) is 0. The van der Waals surface area contributed by atoms with E-state index in [0.717, 1.165) is 20.1 Å². The van der Waals surface area contributed by atoms with Crippen LogP contribution in [0.25, 0.3) is 22.3 Å². The molecule has 4 aromatic rings. The van der Waals surface area contributed by atoms with Gasteiger partial charge in [-0.05, 0) is 49.2 Å². The van der Waals surface area contributed by atoms with Crippen molar-refractivity contribution in [1.29, 1.82) is 0 Å². The lowest BCUT2D eigenvalue weighted by Gasteiger charge is -2.09. The van der Waals surface area contributed by atoms with E-state index in [0.29, 0.717) is 43.8 Å². The summed E-state index contributed by atoms with van der Waals surface area (Å²) in [5.41, 5.74) is 3.74. The molecule has 0 radical (unpaired) electrons. The van der Waals surface area contributed by atoms with Crippen molar-refractivity contribution in [3.63, 3.8) is 0 Å². The molecule has 2 N–H and O–H groups in total. The van der Waals surface area contributed by atoms with E-state index in [1.807, 2.05) is 59.3 Å². The number of benzene rings is 2. The molecule has 45 heavy (non-hydrogen) atoms. The molecule has 13 heteroatoms. The van der Waals surface area contributed by atoms with Gasteiger partial charge in [0.05, 0.1) is 13.2 Å². The van der Waals surface area contributed by atoms with Crippen molar-refractivity contribution in [2.45, 2.75) is 26.7 Å². The van der Waals surface area contributed by atoms with Gasteiger partial charge in [0.15, 0.2) is 0 Å². The molecule has 2 heterocycles. The molecule has 4 rings (SSSR count). The number of ether oxygens (including phenoxy) is 2. The summed E-state index contributed by atoms with van der Waals surface area (Å²) in [5, 5.41) is 10.3. The fourth-order valence-corrected chi connectivity index (χ4v) is 7.54. The second-order valence-corrected chi connectivity index (χ2v) is 14.2. The molecule has 0 saturated heterocycles. The summed E-state index contributed by atoms with van der Waals surface area (Å²) in [6.45, 7) is 3.91. The number of carbonyl (C=O) groups excluding carboxylic acids is 4. The third kappa shape index (κ3) is 9.52. The van der Waals surface area contributed by atoms with Gasteiger partial charge in [-0.2, -0.15) is 11.8 Å². The van der Waals surface area contributed by atoms with Crippen molar-refractivity contribution in [3.8, 4) is 22.3 Å². The molecule has 0 aliphatic carbocycles. The number of anilines is 2. The first kappa shape index (κ1) is 34.9. The van der Waals surface area contributed by atoms with Crippen molar-refractivity contribution in [3.05, 3.63) is 79.4 Å². The maximum atomic E-state index is 12.8. The number of hydrogen-bond acceptors (Lipinski definition) is 9. The summed E-state index contributed by atoms with van der Waals surface area (Å²) < 4.78 is 12.4. The van der Waals surface area contributed by atoms with Gasteiger partial charge in [0.2, 0.25) is 11.8 Å². The highest BCUT2D eigenvalue weighted by atomic mass is 79.9. The van der Waals surface area contributed by atoms with Crippen LogP contribution in [0.4, 0.5) is 10.0 Å². The quantitative estimate of drug-likeness (QED) is 0.0968. The van der Waals surface area contributed by atoms with Gasteiger partial charge in [0.1, 0.15) is 21.1 Å². The van der Waals surface area contributed by atoms with Gasteiger partial charge in [-0.3, -0.25) is 9.59 Å². The van der Waals surface area contributed by atoms with Crippen LogP contribution in [0.5, 0.6) is 0 Å². The van der Waals surface area contributed by atoms with Gasteiger partial charge < -0.3 is 20.1 Å². The average molecular weight is 795 g/mol. The number of esters is 2. The first-order valence-corrected chi connectivity index (χ1v) is 18.5. The molecule has 0 aliphatic heterocycles. The lowest BCUT2D eigenvalue weighted by Crippen LogP contribution is -2.16. The van der Waals surface area contributed by atoms with E-state index in [-0.39, 0.29) is 37.9 Å². The maximum absolute atomic E-state index is 12.8. The zero-order valence-electron chi connectivity index (χ0n) is 24.4. The van der Waals surface area contributed by atoms with Gasteiger partial charge in [0, 0.05) is 55.2 Å². The fraction of sp³-hybridized carbons (Fsp3) is 0.250. The largest absolute Gasteiger partial charge is 0.462 e. The first-order chi connectivity index (χ1) is 21.7. The minimum Gasteiger partial charge on any atom is -0.462 e. The molecule has 0 unspecified atom stereocenters. The highest BCUT2D eigenvalue weighted by Gasteiger charge is 2.24. The molecule has 0 bridgehead atoms. The van der Waals surface area contributed by atoms with E-state index in [4.69, 9.17) is 9.47 Å². The Morgan fingerprint density at radius 1 is 0.667 bits per heavy atom. The molecule has 8 nitrogen and oxygen atoms in total. The Morgan fingerprint density at radius 3 is 1.40 bits per heavy atom. The minimum absolute atomic E-state index is 0.203. The summed E-state index contributed by atoms with van der Waals surface area (Å²) in [6.07, 6.45) is 0.406. The molecule has 2 amide bonds. The number of amides is 2. The number of hydrogen-bond donors (Lipinski definition) is 2. The smallest absolute Gasteiger partial charge is 0.341 e. The molecule has 0 atom stereocenters. The molecule has 2 aromatic carbocycles. The first-order valence-electron chi connectivity index (χ1n) is 14.0. The molecule has 0 aliphatic rings. The lowest BCUT2D eigenvalue weighted by molar-refractivity contribution is -0.116. The van der Waals surface area contributed by atoms with Crippen molar-refractivity contribution in [1.82, 2.24) is 0 Å². The predicted molar refractivity (Wildman–Crippen MR) is 191 cm³/mol. The van der Waals surface area contributed by atoms with Gasteiger partial charge in [-0.1, -0.05) is 56.1 Å². The van der Waals surface area contributed by atoms with Crippen LogP contribution in [0.15, 0.2) is 68.2 Å². The number of nitrogens with one attached hydrogen (secondary N) is 2. The van der Waals surface area contributed by atoms with Gasteiger partial charge in [-0.15, -0.1) is 22.7 Å². The second kappa shape index (κ2) is 17.1. The van der Waals surface area contributed by atoms with Crippen molar-refractivity contribution >= 4 is 100 Å². The van der Waals surface area contributed by atoms with Crippen molar-refractivity contribution < 1.29 is 28.7 Å². The lowest BCUT2D eigenvalue weighted by atomic mass is 10.0. The summed E-state index contributed by atoms with van der Waals surface area (Å²) in [5.74, 6) is -0.486. The summed E-state index contributed by atoms with van der Waals surface area (Å²) in [4.78, 5) is 51.1. The number of rotatable bonds is 14. The minimum atomic E-state index is -0.492. The Hall–Kier alpha value is -2.97. The monoisotopic (exact) mass is 792 g/mol. The van der Waals surface area contributed by atoms with E-state index in [1.165, 1.54) is 34.4 Å². The van der Waals surface area contributed by atoms with E-state index in [2.05, 4.69) is 42.5 Å². The van der Waals surface area contributed by atoms with Gasteiger partial charge in [0.25, 0.3) is 0 Å². The molecular formula is C32H30Br2N2O6S3. The summed E-state index contributed by atoms with van der Waals surface area (Å²) >= 11 is 10.9. The zero-order chi connectivity index (χ0) is 32.3. The van der Waals surface area contributed by atoms with E-state index < -0.39 is 11.9 Å². The normalized spacial score (nSPS) is 10.8. The van der Waals surface area contributed by atoms with Gasteiger partial charge in [-0.25, -0.2) is 9.59 Å². The third-order valence-corrected chi connectivity index (χ3v) is 10.1. The summed E-state index contributed by atoms with van der Waals surface area (Å²) in [6, 6.07) is 15.1. The highest BCUT2D eigenvalue weighted by molar-refractivity contribution is 9.10. The maximum Gasteiger partial charge on any atom is 0.341 e. The molecule has 236 valence electrons. The molecule has 0 fully saturated rings. The van der Waals surface area contributed by atoms with E-state index in [1.54, 1.807) is 13.8 Å². The third-order valence-electron chi connectivity index (χ3n) is 6.30. The van der Waals surface area contributed by atoms with Crippen LogP contribution in [0.3, 0.4) is 0 Å². The van der Waals surface area contributed by atoms with Gasteiger partial charge >= 0.3 is 11.9 Å². The number of carbonyl (C=O) groups is 4. The van der Waals surface area contributed by atoms with Crippen LogP contribution in [0.2, 0.25) is 0 Å². The zero-order valence-corrected chi connectivity index (χ0v) is 30.1. The highest BCUT2D eigenvalue weighted by Crippen LogP contribution is 2.38. The molecule has 2 aromatic heterocycles. The average Bonchev–Trinajstić information content (AvgIpc) is 3.62. The predicted octanol–water partition coefficient (Wildman–Crippen LogP) is 9.11. The van der Waals surface area contributed by atoms with Crippen LogP contribution >= 0.6 is 66.3 Å². The van der Waals surface area contributed by atoms with Crippen molar-refractivity contribution in [2.75, 3.05) is 35.4 Å². The Kier molecular flexibility index (Phi) is 13.2. The van der Waals surface area contributed by atoms with Crippen LogP contribution in [-0.4, -0.2) is 48.5 Å². The SMILES string of the molecule is CCOC(=O)c1c(-c2ccc(Br)cc2)csc1NC(=O)CCSCCC(=O)Nc1scc(-c2ccc(Br)cc2)c1C(=O)OCC. The van der Waals surface area contributed by atoms with E-state index >= 15 is 0 Å². The molecular weight excluding hydrogens is 764 g/mol. The van der Waals surface area contributed by atoms with Crippen LogP contribution < -0.4 is 10.6 Å². The molecule has 0 saturated carbocycles. The number of halogens is 2. The molecule has 0 spiro atoms. The Balaban J connectivity index is 1.30.